The Morgan fingerprint density at radius 1 is 1.10 bits per heavy atom. The number of benzene rings is 1. The van der Waals surface area contributed by atoms with E-state index in [4.69, 9.17) is 5.73 Å². The number of hydrogen-bond donors (Lipinski definition) is 1. The van der Waals surface area contributed by atoms with E-state index in [1.807, 2.05) is 31.2 Å². The third kappa shape index (κ3) is 3.64. The number of nitrogens with zero attached hydrogens (tertiary/aromatic N) is 2. The van der Waals surface area contributed by atoms with Crippen LogP contribution in [0.3, 0.4) is 0 Å². The molecule has 0 aliphatic carbocycles. The van der Waals surface area contributed by atoms with Crippen molar-refractivity contribution in [2.24, 2.45) is 0 Å². The van der Waals surface area contributed by atoms with Crippen LogP contribution in [0.5, 0.6) is 0 Å². The van der Waals surface area contributed by atoms with Crippen molar-refractivity contribution in [3.8, 4) is 0 Å². The molecule has 0 atom stereocenters. The molecule has 112 valence electrons. The van der Waals surface area contributed by atoms with Gasteiger partial charge in [0.25, 0.3) is 0 Å². The Morgan fingerprint density at radius 3 is 2.25 bits per heavy atom. The van der Waals surface area contributed by atoms with Crippen LogP contribution in [0.4, 0.5) is 11.4 Å². The van der Waals surface area contributed by atoms with Crippen LogP contribution >= 0.6 is 0 Å². The second-order valence-electron chi connectivity index (χ2n) is 5.15. The Hall–Kier alpha value is -1.27. The molecule has 1 aliphatic heterocycles. The average Bonchev–Trinajstić information content (AvgIpc) is 2.46. The van der Waals surface area contributed by atoms with E-state index in [1.165, 1.54) is 0 Å². The van der Waals surface area contributed by atoms with Gasteiger partial charge in [-0.15, -0.1) is 0 Å². The lowest BCUT2D eigenvalue weighted by atomic mass is 10.2. The van der Waals surface area contributed by atoms with E-state index in [9.17, 15) is 8.42 Å². The molecule has 1 aromatic rings. The van der Waals surface area contributed by atoms with Gasteiger partial charge in [0.1, 0.15) is 0 Å². The molecular weight excluding hydrogens is 274 g/mol. The predicted octanol–water partition coefficient (Wildman–Crippen LogP) is 1.52. The Bertz CT molecular complexity index is 520. The second kappa shape index (κ2) is 6.45. The van der Waals surface area contributed by atoms with Crippen molar-refractivity contribution in [2.75, 3.05) is 42.6 Å². The fraction of sp³-hybridized carbons (Fsp3) is 0.571. The molecule has 1 saturated heterocycles. The number of sulfonamides is 1. The Balaban J connectivity index is 1.93. The lowest BCUT2D eigenvalue weighted by Gasteiger charge is -2.35. The number of piperazine rings is 1. The van der Waals surface area contributed by atoms with Crippen LogP contribution in [0, 0.1) is 0 Å². The fourth-order valence-corrected chi connectivity index (χ4v) is 4.00. The van der Waals surface area contributed by atoms with Gasteiger partial charge in [-0.1, -0.05) is 13.3 Å². The van der Waals surface area contributed by atoms with Crippen LogP contribution in [0.15, 0.2) is 24.3 Å². The van der Waals surface area contributed by atoms with Gasteiger partial charge in [0.05, 0.1) is 5.75 Å². The highest BCUT2D eigenvalue weighted by atomic mass is 32.2. The first-order chi connectivity index (χ1) is 9.53. The van der Waals surface area contributed by atoms with Crippen LogP contribution < -0.4 is 10.6 Å². The van der Waals surface area contributed by atoms with Crippen LogP contribution in [0.2, 0.25) is 0 Å². The molecule has 2 rings (SSSR count). The number of nitrogens with two attached hydrogens (primary N) is 1. The SMILES string of the molecule is CCCCS(=O)(=O)N1CCN(c2ccc(N)cc2)CC1. The molecule has 2 N–H and O–H groups in total. The topological polar surface area (TPSA) is 66.6 Å². The third-order valence-corrected chi connectivity index (χ3v) is 5.60. The molecule has 1 fully saturated rings. The maximum absolute atomic E-state index is 12.1. The molecule has 0 bridgehead atoms. The quantitative estimate of drug-likeness (QED) is 0.837. The third-order valence-electron chi connectivity index (χ3n) is 3.65. The molecule has 20 heavy (non-hydrogen) atoms. The lowest BCUT2D eigenvalue weighted by Crippen LogP contribution is -2.49. The van der Waals surface area contributed by atoms with Crippen LogP contribution in [-0.2, 0) is 10.0 Å². The van der Waals surface area contributed by atoms with E-state index < -0.39 is 10.0 Å². The van der Waals surface area contributed by atoms with Crippen molar-refractivity contribution in [3.63, 3.8) is 0 Å². The van der Waals surface area contributed by atoms with Crippen LogP contribution in [0.25, 0.3) is 0 Å². The number of hydrogen-bond acceptors (Lipinski definition) is 4. The maximum atomic E-state index is 12.1. The highest BCUT2D eigenvalue weighted by molar-refractivity contribution is 7.89. The summed E-state index contributed by atoms with van der Waals surface area (Å²) in [5.41, 5.74) is 7.52. The van der Waals surface area contributed by atoms with E-state index in [-0.39, 0.29) is 5.75 Å². The molecule has 0 radical (unpaired) electrons. The summed E-state index contributed by atoms with van der Waals surface area (Å²) in [6, 6.07) is 7.71. The largest absolute Gasteiger partial charge is 0.399 e. The maximum Gasteiger partial charge on any atom is 0.214 e. The molecule has 5 nitrogen and oxygen atoms in total. The minimum Gasteiger partial charge on any atom is -0.399 e. The number of anilines is 2. The van der Waals surface area contributed by atoms with Crippen LogP contribution in [-0.4, -0.2) is 44.7 Å². The first kappa shape index (κ1) is 15.1. The van der Waals surface area contributed by atoms with Crippen molar-refractivity contribution in [1.29, 1.82) is 0 Å². The molecule has 6 heteroatoms. The van der Waals surface area contributed by atoms with Crippen molar-refractivity contribution in [2.45, 2.75) is 19.8 Å². The molecular formula is C14H23N3O2S. The van der Waals surface area contributed by atoms with E-state index in [0.717, 1.165) is 37.3 Å². The van der Waals surface area contributed by atoms with Crippen molar-refractivity contribution < 1.29 is 8.42 Å². The van der Waals surface area contributed by atoms with Gasteiger partial charge in [-0.3, -0.25) is 0 Å². The molecule has 0 saturated carbocycles. The van der Waals surface area contributed by atoms with Crippen molar-refractivity contribution >= 4 is 21.4 Å². The summed E-state index contributed by atoms with van der Waals surface area (Å²) in [6.07, 6.45) is 1.64. The van der Waals surface area contributed by atoms with Gasteiger partial charge in [-0.2, -0.15) is 4.31 Å². The minimum absolute atomic E-state index is 0.269. The Labute approximate surface area is 121 Å². The zero-order valence-electron chi connectivity index (χ0n) is 12.0. The summed E-state index contributed by atoms with van der Waals surface area (Å²) in [6.45, 7) is 4.60. The highest BCUT2D eigenvalue weighted by Gasteiger charge is 2.26. The minimum atomic E-state index is -3.07. The fourth-order valence-electron chi connectivity index (χ4n) is 2.37. The summed E-state index contributed by atoms with van der Waals surface area (Å²) in [5.74, 6) is 0.269. The predicted molar refractivity (Wildman–Crippen MR) is 83.3 cm³/mol. The first-order valence-electron chi connectivity index (χ1n) is 7.11. The smallest absolute Gasteiger partial charge is 0.214 e. The van der Waals surface area contributed by atoms with Crippen molar-refractivity contribution in [3.05, 3.63) is 24.3 Å². The summed E-state index contributed by atoms with van der Waals surface area (Å²) >= 11 is 0. The lowest BCUT2D eigenvalue weighted by molar-refractivity contribution is 0.384. The van der Waals surface area contributed by atoms with Gasteiger partial charge in [0.2, 0.25) is 10.0 Å². The summed E-state index contributed by atoms with van der Waals surface area (Å²) < 4.78 is 25.9. The highest BCUT2D eigenvalue weighted by Crippen LogP contribution is 2.19. The Kier molecular flexibility index (Phi) is 4.88. The Morgan fingerprint density at radius 2 is 1.70 bits per heavy atom. The summed E-state index contributed by atoms with van der Waals surface area (Å²) in [7, 11) is -3.07. The normalized spacial score (nSPS) is 17.4. The molecule has 0 aromatic heterocycles. The molecule has 1 heterocycles. The molecule has 0 spiro atoms. The van der Waals surface area contributed by atoms with Gasteiger partial charge in [-0.05, 0) is 30.7 Å². The van der Waals surface area contributed by atoms with E-state index >= 15 is 0 Å². The average molecular weight is 297 g/mol. The number of nitrogen functional groups attached to an aromatic ring is 1. The van der Waals surface area contributed by atoms with Gasteiger partial charge in [0, 0.05) is 37.6 Å². The summed E-state index contributed by atoms with van der Waals surface area (Å²) in [4.78, 5) is 2.20. The van der Waals surface area contributed by atoms with E-state index in [0.29, 0.717) is 13.1 Å². The zero-order valence-corrected chi connectivity index (χ0v) is 12.8. The standard InChI is InChI=1S/C14H23N3O2S/c1-2-3-12-20(18,19)17-10-8-16(9-11-17)14-6-4-13(15)5-7-14/h4-7H,2-3,8-12,15H2,1H3. The molecule has 1 aliphatic rings. The van der Waals surface area contributed by atoms with Gasteiger partial charge in [-0.25, -0.2) is 8.42 Å². The van der Waals surface area contributed by atoms with E-state index in [1.54, 1.807) is 4.31 Å². The van der Waals surface area contributed by atoms with Gasteiger partial charge in [0.15, 0.2) is 0 Å². The second-order valence-corrected chi connectivity index (χ2v) is 7.24. The van der Waals surface area contributed by atoms with Gasteiger partial charge < -0.3 is 10.6 Å². The molecule has 0 unspecified atom stereocenters. The zero-order chi connectivity index (χ0) is 14.6. The number of unbranched alkanes of at least 4 members (excludes halogenated alkanes) is 1. The monoisotopic (exact) mass is 297 g/mol. The van der Waals surface area contributed by atoms with Crippen molar-refractivity contribution in [1.82, 2.24) is 4.31 Å². The first-order valence-corrected chi connectivity index (χ1v) is 8.72. The summed E-state index contributed by atoms with van der Waals surface area (Å²) in [5, 5.41) is 0. The van der Waals surface area contributed by atoms with E-state index in [2.05, 4.69) is 4.90 Å². The molecule has 1 aromatic carbocycles. The van der Waals surface area contributed by atoms with Gasteiger partial charge >= 0.3 is 0 Å². The number of rotatable bonds is 5. The van der Waals surface area contributed by atoms with Crippen LogP contribution in [0.1, 0.15) is 19.8 Å². The molecule has 0 amide bonds.